The van der Waals surface area contributed by atoms with Crippen LogP contribution in [0.25, 0.3) is 11.1 Å². The number of nitrogens with zero attached hydrogens (tertiary/aromatic N) is 3. The summed E-state index contributed by atoms with van der Waals surface area (Å²) in [6.45, 7) is 2.88. The molecule has 2 amide bonds. The molecule has 5 rings (SSSR count). The van der Waals surface area contributed by atoms with Gasteiger partial charge in [0, 0.05) is 55.5 Å². The maximum Gasteiger partial charge on any atom is 0.251 e. The van der Waals surface area contributed by atoms with E-state index in [4.69, 9.17) is 0 Å². The first kappa shape index (κ1) is 23.8. The molecule has 2 fully saturated rings. The Morgan fingerprint density at radius 3 is 2.44 bits per heavy atom. The fourth-order valence-corrected chi connectivity index (χ4v) is 4.89. The second kappa shape index (κ2) is 9.64. The second-order valence-corrected chi connectivity index (χ2v) is 9.59. The summed E-state index contributed by atoms with van der Waals surface area (Å²) in [5.74, 6) is -0.165. The van der Waals surface area contributed by atoms with Crippen molar-refractivity contribution in [2.75, 3.05) is 25.0 Å². The van der Waals surface area contributed by atoms with Crippen molar-refractivity contribution in [1.29, 1.82) is 0 Å². The third-order valence-electron chi connectivity index (χ3n) is 7.03. The quantitative estimate of drug-likeness (QED) is 0.526. The molecule has 0 spiro atoms. The number of alkyl halides is 1. The van der Waals surface area contributed by atoms with Crippen LogP contribution in [0, 0.1) is 5.82 Å². The summed E-state index contributed by atoms with van der Waals surface area (Å²) in [6.07, 6.45) is 2.86. The van der Waals surface area contributed by atoms with Gasteiger partial charge < -0.3 is 15.5 Å². The van der Waals surface area contributed by atoms with Gasteiger partial charge in [-0.05, 0) is 42.2 Å². The average Bonchev–Trinajstić information content (AvgIpc) is 2.83. The van der Waals surface area contributed by atoms with Crippen LogP contribution in [0.3, 0.4) is 0 Å². The van der Waals surface area contributed by atoms with Crippen molar-refractivity contribution in [3.63, 3.8) is 0 Å². The molecule has 186 valence electrons. The highest BCUT2D eigenvalue weighted by Gasteiger charge is 2.47. The monoisotopic (exact) mass is 491 g/mol. The zero-order valence-electron chi connectivity index (χ0n) is 19.9. The molecule has 1 aliphatic carbocycles. The van der Waals surface area contributed by atoms with Gasteiger partial charge in [0.25, 0.3) is 5.91 Å². The Morgan fingerprint density at radius 1 is 1.06 bits per heavy atom. The minimum absolute atomic E-state index is 0.00197. The van der Waals surface area contributed by atoms with E-state index in [1.54, 1.807) is 53.7 Å². The molecular formula is C27H27F2N5O2. The Kier molecular flexibility index (Phi) is 6.38. The number of anilines is 1. The predicted octanol–water partition coefficient (Wildman–Crippen LogP) is 3.73. The Hall–Kier alpha value is -3.88. The van der Waals surface area contributed by atoms with Gasteiger partial charge in [-0.15, -0.1) is 0 Å². The highest BCUT2D eigenvalue weighted by molar-refractivity contribution is 5.95. The standard InChI is InChI=1S/C27H27F2N5O2/c1-17(35)34-14-22(15-34)33-25(36)19-6-4-5-18(9-19)20-12-30-26(31-13-20)32-16-27(10-21(28)11-27)23-7-2-3-8-24(23)29/h2-9,12-13,21-22H,10-11,14-16H2,1H3,(H,33,36)(H,30,31,32)/t21-,27-. The van der Waals surface area contributed by atoms with Crippen molar-refractivity contribution in [3.05, 3.63) is 77.9 Å². The maximum absolute atomic E-state index is 14.4. The van der Waals surface area contributed by atoms with Crippen LogP contribution in [0.2, 0.25) is 0 Å². The number of hydrogen-bond acceptors (Lipinski definition) is 5. The van der Waals surface area contributed by atoms with Crippen molar-refractivity contribution in [2.45, 2.75) is 37.4 Å². The van der Waals surface area contributed by atoms with E-state index >= 15 is 0 Å². The van der Waals surface area contributed by atoms with Gasteiger partial charge in [0.15, 0.2) is 0 Å². The third kappa shape index (κ3) is 4.78. The molecular weight excluding hydrogens is 464 g/mol. The van der Waals surface area contributed by atoms with Crippen LogP contribution in [0.5, 0.6) is 0 Å². The normalized spacial score (nSPS) is 21.3. The Bertz CT molecular complexity index is 1270. The van der Waals surface area contributed by atoms with Crippen LogP contribution >= 0.6 is 0 Å². The van der Waals surface area contributed by atoms with Gasteiger partial charge in [-0.2, -0.15) is 0 Å². The lowest BCUT2D eigenvalue weighted by molar-refractivity contribution is -0.133. The topological polar surface area (TPSA) is 87.2 Å². The first-order valence-electron chi connectivity index (χ1n) is 11.9. The average molecular weight is 492 g/mol. The number of nitrogens with one attached hydrogen (secondary N) is 2. The molecule has 2 heterocycles. The second-order valence-electron chi connectivity index (χ2n) is 9.59. The van der Waals surface area contributed by atoms with E-state index < -0.39 is 11.6 Å². The molecule has 0 atom stereocenters. The largest absolute Gasteiger partial charge is 0.353 e. The lowest BCUT2D eigenvalue weighted by Gasteiger charge is -2.45. The van der Waals surface area contributed by atoms with Gasteiger partial charge in [0.2, 0.25) is 11.9 Å². The molecule has 0 radical (unpaired) electrons. The van der Waals surface area contributed by atoms with Crippen molar-refractivity contribution in [3.8, 4) is 11.1 Å². The summed E-state index contributed by atoms with van der Waals surface area (Å²) in [6, 6.07) is 13.6. The molecule has 2 aliphatic rings. The van der Waals surface area contributed by atoms with Crippen molar-refractivity contribution in [1.82, 2.24) is 20.2 Å². The Balaban J connectivity index is 1.23. The van der Waals surface area contributed by atoms with Gasteiger partial charge in [-0.1, -0.05) is 30.3 Å². The molecule has 1 saturated heterocycles. The molecule has 7 nitrogen and oxygen atoms in total. The lowest BCUT2D eigenvalue weighted by atomic mass is 9.63. The molecule has 36 heavy (non-hydrogen) atoms. The Labute approximate surface area is 208 Å². The third-order valence-corrected chi connectivity index (χ3v) is 7.03. The van der Waals surface area contributed by atoms with Gasteiger partial charge in [-0.3, -0.25) is 9.59 Å². The predicted molar refractivity (Wildman–Crippen MR) is 132 cm³/mol. The minimum atomic E-state index is -0.948. The SMILES string of the molecule is CC(=O)N1CC(NC(=O)c2cccc(-c3cnc(NC[C@]4(c5ccccc5F)C[C@H](F)C4)nc3)c2)C1. The molecule has 0 bridgehead atoms. The highest BCUT2D eigenvalue weighted by atomic mass is 19.1. The molecule has 3 aromatic rings. The zero-order valence-corrected chi connectivity index (χ0v) is 19.9. The van der Waals surface area contributed by atoms with E-state index in [9.17, 15) is 18.4 Å². The molecule has 1 aromatic heterocycles. The van der Waals surface area contributed by atoms with E-state index in [0.29, 0.717) is 36.7 Å². The van der Waals surface area contributed by atoms with Gasteiger partial charge in [0.1, 0.15) is 12.0 Å². The number of rotatable bonds is 7. The summed E-state index contributed by atoms with van der Waals surface area (Å²) in [4.78, 5) is 34.4. The summed E-state index contributed by atoms with van der Waals surface area (Å²) in [7, 11) is 0. The molecule has 2 aromatic carbocycles. The van der Waals surface area contributed by atoms with Crippen LogP contribution in [0.15, 0.2) is 60.9 Å². The number of carbonyl (C=O) groups is 2. The Morgan fingerprint density at radius 2 is 1.78 bits per heavy atom. The van der Waals surface area contributed by atoms with Crippen molar-refractivity contribution >= 4 is 17.8 Å². The van der Waals surface area contributed by atoms with Gasteiger partial charge in [-0.25, -0.2) is 18.7 Å². The smallest absolute Gasteiger partial charge is 0.251 e. The number of benzene rings is 2. The summed E-state index contributed by atoms with van der Waals surface area (Å²) in [5.41, 5.74) is 1.91. The van der Waals surface area contributed by atoms with E-state index in [-0.39, 0.29) is 36.5 Å². The fourth-order valence-electron chi connectivity index (χ4n) is 4.89. The van der Waals surface area contributed by atoms with Crippen molar-refractivity contribution < 1.29 is 18.4 Å². The van der Waals surface area contributed by atoms with E-state index in [0.717, 1.165) is 11.1 Å². The summed E-state index contributed by atoms with van der Waals surface area (Å²) >= 11 is 0. The van der Waals surface area contributed by atoms with E-state index in [2.05, 4.69) is 20.6 Å². The van der Waals surface area contributed by atoms with Crippen LogP contribution in [-0.4, -0.2) is 58.5 Å². The van der Waals surface area contributed by atoms with Gasteiger partial charge in [0.05, 0.1) is 6.04 Å². The number of hydrogen-bond donors (Lipinski definition) is 2. The van der Waals surface area contributed by atoms with Crippen LogP contribution in [0.1, 0.15) is 35.7 Å². The lowest BCUT2D eigenvalue weighted by Crippen LogP contribution is -2.60. The summed E-state index contributed by atoms with van der Waals surface area (Å²) in [5, 5.41) is 6.08. The summed E-state index contributed by atoms with van der Waals surface area (Å²) < 4.78 is 28.2. The van der Waals surface area contributed by atoms with Gasteiger partial charge >= 0.3 is 0 Å². The molecule has 9 heteroatoms. The van der Waals surface area contributed by atoms with Crippen LogP contribution in [-0.2, 0) is 10.2 Å². The fraction of sp³-hybridized carbons (Fsp3) is 0.333. The molecule has 1 aliphatic heterocycles. The molecule has 2 N–H and O–H groups in total. The van der Waals surface area contributed by atoms with Crippen LogP contribution in [0.4, 0.5) is 14.7 Å². The van der Waals surface area contributed by atoms with E-state index in [1.165, 1.54) is 13.0 Å². The number of aromatic nitrogens is 2. The minimum Gasteiger partial charge on any atom is -0.353 e. The maximum atomic E-state index is 14.4. The first-order chi connectivity index (χ1) is 17.3. The highest BCUT2D eigenvalue weighted by Crippen LogP contribution is 2.46. The number of carbonyl (C=O) groups excluding carboxylic acids is 2. The molecule has 0 unspecified atom stereocenters. The number of amides is 2. The van der Waals surface area contributed by atoms with E-state index in [1.807, 2.05) is 6.07 Å². The van der Waals surface area contributed by atoms with Crippen LogP contribution < -0.4 is 10.6 Å². The number of halogens is 2. The van der Waals surface area contributed by atoms with Crippen molar-refractivity contribution in [2.24, 2.45) is 0 Å². The zero-order chi connectivity index (χ0) is 25.3. The number of likely N-dealkylation sites (tertiary alicyclic amines) is 1. The first-order valence-corrected chi connectivity index (χ1v) is 11.9. The molecule has 1 saturated carbocycles.